The van der Waals surface area contributed by atoms with Gasteiger partial charge < -0.3 is 9.47 Å². The second-order valence-electron chi connectivity index (χ2n) is 7.85. The third-order valence-corrected chi connectivity index (χ3v) is 6.76. The Labute approximate surface area is 166 Å². The molecule has 146 valence electrons. The lowest BCUT2D eigenvalue weighted by molar-refractivity contribution is 0.140. The first-order chi connectivity index (χ1) is 13.3. The van der Waals surface area contributed by atoms with Crippen molar-refractivity contribution in [1.82, 2.24) is 9.88 Å². The van der Waals surface area contributed by atoms with Crippen molar-refractivity contribution in [1.29, 1.82) is 0 Å². The Hall–Kier alpha value is -1.59. The zero-order chi connectivity index (χ0) is 18.6. The van der Waals surface area contributed by atoms with Crippen molar-refractivity contribution in [2.75, 3.05) is 20.8 Å². The molecule has 2 aromatic rings. The first kappa shape index (κ1) is 18.8. The predicted octanol–water partition coefficient (Wildman–Crippen LogP) is 5.37. The SMILES string of the molecule is COc1cccc(-c2nc(CN(CC3CC3)C3CCCCC3)cs2)c1OC. The molecule has 0 atom stereocenters. The Kier molecular flexibility index (Phi) is 5.98. The van der Waals surface area contributed by atoms with Gasteiger partial charge in [0.15, 0.2) is 11.5 Å². The monoisotopic (exact) mass is 386 g/mol. The summed E-state index contributed by atoms with van der Waals surface area (Å²) in [7, 11) is 3.37. The lowest BCUT2D eigenvalue weighted by Crippen LogP contribution is -2.37. The number of methoxy groups -OCH3 is 2. The Morgan fingerprint density at radius 1 is 1.07 bits per heavy atom. The van der Waals surface area contributed by atoms with Gasteiger partial charge in [-0.25, -0.2) is 4.98 Å². The molecular weight excluding hydrogens is 356 g/mol. The van der Waals surface area contributed by atoms with Gasteiger partial charge >= 0.3 is 0 Å². The van der Waals surface area contributed by atoms with Gasteiger partial charge in [0.25, 0.3) is 0 Å². The summed E-state index contributed by atoms with van der Waals surface area (Å²) in [5.74, 6) is 2.44. The highest BCUT2D eigenvalue weighted by Gasteiger charge is 2.29. The second-order valence-corrected chi connectivity index (χ2v) is 8.71. The van der Waals surface area contributed by atoms with E-state index in [1.54, 1.807) is 25.6 Å². The molecule has 0 bridgehead atoms. The Balaban J connectivity index is 1.52. The van der Waals surface area contributed by atoms with Gasteiger partial charge in [0.05, 0.1) is 25.5 Å². The highest BCUT2D eigenvalue weighted by Crippen LogP contribution is 2.39. The third-order valence-electron chi connectivity index (χ3n) is 5.83. The average Bonchev–Trinajstić information content (AvgIpc) is 3.42. The van der Waals surface area contributed by atoms with Gasteiger partial charge in [0.1, 0.15) is 5.01 Å². The van der Waals surface area contributed by atoms with Crippen molar-refractivity contribution in [3.8, 4) is 22.1 Å². The van der Waals surface area contributed by atoms with Crippen molar-refractivity contribution < 1.29 is 9.47 Å². The summed E-state index contributed by atoms with van der Waals surface area (Å²) in [5, 5.41) is 3.23. The molecule has 1 aromatic carbocycles. The van der Waals surface area contributed by atoms with E-state index in [0.717, 1.165) is 40.6 Å². The lowest BCUT2D eigenvalue weighted by Gasteiger charge is -2.34. The average molecular weight is 387 g/mol. The maximum Gasteiger partial charge on any atom is 0.170 e. The van der Waals surface area contributed by atoms with Crippen LogP contribution in [0.3, 0.4) is 0 Å². The minimum atomic E-state index is 0.746. The van der Waals surface area contributed by atoms with E-state index in [4.69, 9.17) is 14.5 Å². The summed E-state index contributed by atoms with van der Waals surface area (Å²) in [6.45, 7) is 2.23. The molecule has 0 spiro atoms. The summed E-state index contributed by atoms with van der Waals surface area (Å²) in [5.41, 5.74) is 2.20. The van der Waals surface area contributed by atoms with Crippen molar-refractivity contribution >= 4 is 11.3 Å². The zero-order valence-electron chi connectivity index (χ0n) is 16.4. The van der Waals surface area contributed by atoms with Crippen molar-refractivity contribution in [2.24, 2.45) is 5.92 Å². The van der Waals surface area contributed by atoms with E-state index < -0.39 is 0 Å². The van der Waals surface area contributed by atoms with Crippen LogP contribution in [0.4, 0.5) is 0 Å². The van der Waals surface area contributed by atoms with Crippen molar-refractivity contribution in [3.05, 3.63) is 29.3 Å². The second kappa shape index (κ2) is 8.61. The van der Waals surface area contributed by atoms with Crippen LogP contribution in [-0.2, 0) is 6.54 Å². The van der Waals surface area contributed by atoms with Gasteiger partial charge in [0.2, 0.25) is 0 Å². The molecule has 0 radical (unpaired) electrons. The number of ether oxygens (including phenoxy) is 2. The first-order valence-corrected chi connectivity index (χ1v) is 11.1. The van der Waals surface area contributed by atoms with Gasteiger partial charge in [-0.05, 0) is 43.7 Å². The summed E-state index contributed by atoms with van der Waals surface area (Å²) in [6, 6.07) is 6.74. The molecule has 0 amide bonds. The molecule has 4 nitrogen and oxygen atoms in total. The van der Waals surface area contributed by atoms with Gasteiger partial charge in [-0.15, -0.1) is 11.3 Å². The maximum atomic E-state index is 5.60. The number of thiazole rings is 1. The molecule has 0 N–H and O–H groups in total. The number of aromatic nitrogens is 1. The Morgan fingerprint density at radius 2 is 1.89 bits per heavy atom. The van der Waals surface area contributed by atoms with Crippen LogP contribution in [0.5, 0.6) is 11.5 Å². The molecule has 27 heavy (non-hydrogen) atoms. The highest BCUT2D eigenvalue weighted by molar-refractivity contribution is 7.13. The maximum absolute atomic E-state index is 5.60. The number of rotatable bonds is 8. The molecule has 5 heteroatoms. The Bertz CT molecular complexity index is 751. The van der Waals surface area contributed by atoms with Crippen LogP contribution in [0.2, 0.25) is 0 Å². The summed E-state index contributed by atoms with van der Waals surface area (Å²) in [4.78, 5) is 7.69. The molecule has 0 saturated heterocycles. The first-order valence-electron chi connectivity index (χ1n) is 10.2. The van der Waals surface area contributed by atoms with Crippen LogP contribution < -0.4 is 9.47 Å². The van der Waals surface area contributed by atoms with Crippen LogP contribution in [0.1, 0.15) is 50.6 Å². The Morgan fingerprint density at radius 3 is 2.59 bits per heavy atom. The molecule has 0 unspecified atom stereocenters. The summed E-state index contributed by atoms with van der Waals surface area (Å²) >= 11 is 1.70. The van der Waals surface area contributed by atoms with E-state index >= 15 is 0 Å². The predicted molar refractivity (Wildman–Crippen MR) is 111 cm³/mol. The van der Waals surface area contributed by atoms with E-state index in [-0.39, 0.29) is 0 Å². The van der Waals surface area contributed by atoms with Crippen LogP contribution in [0.25, 0.3) is 10.6 Å². The topological polar surface area (TPSA) is 34.6 Å². The van der Waals surface area contributed by atoms with Crippen LogP contribution in [0.15, 0.2) is 23.6 Å². The van der Waals surface area contributed by atoms with E-state index in [1.165, 1.54) is 57.2 Å². The number of para-hydroxylation sites is 1. The standard InChI is InChI=1S/C22H30N2O2S/c1-25-20-10-6-9-19(21(20)26-2)22-23-17(15-27-22)14-24(13-16-11-12-16)18-7-4-3-5-8-18/h6,9-10,15-16,18H,3-5,7-8,11-14H2,1-2H3. The van der Waals surface area contributed by atoms with Crippen LogP contribution in [-0.4, -0.2) is 36.7 Å². The minimum Gasteiger partial charge on any atom is -0.493 e. The van der Waals surface area contributed by atoms with E-state index in [2.05, 4.69) is 16.3 Å². The van der Waals surface area contributed by atoms with Crippen molar-refractivity contribution in [3.63, 3.8) is 0 Å². The highest BCUT2D eigenvalue weighted by atomic mass is 32.1. The van der Waals surface area contributed by atoms with Crippen LogP contribution in [0, 0.1) is 5.92 Å². The normalized spacial score (nSPS) is 18.0. The minimum absolute atomic E-state index is 0.746. The summed E-state index contributed by atoms with van der Waals surface area (Å²) in [6.07, 6.45) is 9.70. The number of benzene rings is 1. The number of hydrogen-bond acceptors (Lipinski definition) is 5. The molecule has 2 aliphatic carbocycles. The summed E-state index contributed by atoms with van der Waals surface area (Å²) < 4.78 is 11.0. The number of hydrogen-bond donors (Lipinski definition) is 0. The fourth-order valence-electron chi connectivity index (χ4n) is 4.19. The molecule has 2 fully saturated rings. The number of nitrogens with zero attached hydrogens (tertiary/aromatic N) is 2. The fourth-order valence-corrected chi connectivity index (χ4v) is 5.02. The third kappa shape index (κ3) is 4.46. The van der Waals surface area contributed by atoms with Gasteiger partial charge in [-0.2, -0.15) is 0 Å². The van der Waals surface area contributed by atoms with E-state index in [1.807, 2.05) is 12.1 Å². The van der Waals surface area contributed by atoms with Gasteiger partial charge in [-0.3, -0.25) is 4.90 Å². The smallest absolute Gasteiger partial charge is 0.170 e. The fraction of sp³-hybridized carbons (Fsp3) is 0.591. The molecular formula is C22H30N2O2S. The van der Waals surface area contributed by atoms with Gasteiger partial charge in [0, 0.05) is 24.5 Å². The van der Waals surface area contributed by atoms with E-state index in [9.17, 15) is 0 Å². The molecule has 2 aliphatic rings. The molecule has 1 heterocycles. The largest absolute Gasteiger partial charge is 0.493 e. The molecule has 1 aromatic heterocycles. The molecule has 4 rings (SSSR count). The molecule has 0 aliphatic heterocycles. The van der Waals surface area contributed by atoms with E-state index in [0.29, 0.717) is 0 Å². The quantitative estimate of drug-likeness (QED) is 0.611. The van der Waals surface area contributed by atoms with Crippen LogP contribution >= 0.6 is 11.3 Å². The van der Waals surface area contributed by atoms with Gasteiger partial charge in [-0.1, -0.05) is 25.3 Å². The van der Waals surface area contributed by atoms with Crippen molar-refractivity contribution in [2.45, 2.75) is 57.5 Å². The molecule has 2 saturated carbocycles. The zero-order valence-corrected chi connectivity index (χ0v) is 17.3. The lowest BCUT2D eigenvalue weighted by atomic mass is 9.94.